The van der Waals surface area contributed by atoms with Crippen LogP contribution in [-0.2, 0) is 0 Å². The standard InChI is InChI=1S/C46H52N2/c1-4-14-30(15-5-1)35-28-38(31-16-6-2-7-17-31)45(39(29-35)32-18-8-3-9-19-32)48-41-25-11-10-24-40(41)47-44-36-22-12-20-33-26-27-34-21-13-23-37(46(44)48)43(34)42(33)36/h1-9,14-19,28-29,33-34,36-37,40-44,46-47H,10-13,20-27H2. The van der Waals surface area contributed by atoms with E-state index in [9.17, 15) is 0 Å². The first kappa shape index (κ1) is 29.5. The Morgan fingerprint density at radius 2 is 1.02 bits per heavy atom. The predicted molar refractivity (Wildman–Crippen MR) is 200 cm³/mol. The van der Waals surface area contributed by atoms with Gasteiger partial charge in [-0.1, -0.05) is 130 Å². The summed E-state index contributed by atoms with van der Waals surface area (Å²) in [6.45, 7) is 0. The summed E-state index contributed by atoms with van der Waals surface area (Å²) >= 11 is 0. The van der Waals surface area contributed by atoms with Gasteiger partial charge < -0.3 is 10.2 Å². The Morgan fingerprint density at radius 3 is 1.65 bits per heavy atom. The van der Waals surface area contributed by atoms with Crippen molar-refractivity contribution in [3.8, 4) is 33.4 Å². The molecule has 1 N–H and O–H groups in total. The lowest BCUT2D eigenvalue weighted by atomic mass is 9.45. The first-order valence-corrected chi connectivity index (χ1v) is 19.7. The molecule has 0 aromatic heterocycles. The molecule has 10 unspecified atom stereocenters. The molecule has 2 heteroatoms. The number of anilines is 1. The molecule has 6 fully saturated rings. The van der Waals surface area contributed by atoms with E-state index < -0.39 is 0 Å². The van der Waals surface area contributed by atoms with Crippen molar-refractivity contribution < 1.29 is 0 Å². The van der Waals surface area contributed by atoms with E-state index in [0.29, 0.717) is 24.2 Å². The number of hydrogen-bond donors (Lipinski definition) is 1. The first-order valence-electron chi connectivity index (χ1n) is 19.7. The second kappa shape index (κ2) is 12.2. The Labute approximate surface area is 288 Å². The number of nitrogens with zero attached hydrogens (tertiary/aromatic N) is 1. The van der Waals surface area contributed by atoms with Crippen LogP contribution in [0.1, 0.15) is 77.0 Å². The normalized spacial score (nSPS) is 35.2. The van der Waals surface area contributed by atoms with Crippen molar-refractivity contribution >= 4 is 5.69 Å². The van der Waals surface area contributed by atoms with E-state index in [-0.39, 0.29) is 0 Å². The second-order valence-corrected chi connectivity index (χ2v) is 16.5. The topological polar surface area (TPSA) is 15.3 Å². The number of benzene rings is 4. The summed E-state index contributed by atoms with van der Waals surface area (Å²) in [5.74, 6) is 5.46. The van der Waals surface area contributed by atoms with Gasteiger partial charge in [0.05, 0.1) is 5.69 Å². The third kappa shape index (κ3) is 4.76. The molecular formula is C46H52N2. The summed E-state index contributed by atoms with van der Waals surface area (Å²) in [7, 11) is 0. The number of hydrogen-bond acceptors (Lipinski definition) is 2. The molecular weight excluding hydrogens is 581 g/mol. The van der Waals surface area contributed by atoms with Crippen LogP contribution in [0.4, 0.5) is 5.69 Å². The number of fused-ring (bicyclic) bond motifs is 4. The summed E-state index contributed by atoms with van der Waals surface area (Å²) < 4.78 is 0. The van der Waals surface area contributed by atoms with Gasteiger partial charge in [0.1, 0.15) is 0 Å². The SMILES string of the molecule is c1ccc(-c2cc(-c3ccccc3)c(N3C4CCCCC4NC4C5CCCC6CCC7CCCC(C7C65)C43)c(-c3ccccc3)c2)cc1. The first-order chi connectivity index (χ1) is 23.8. The molecule has 6 aliphatic rings. The molecule has 0 amide bonds. The van der Waals surface area contributed by atoms with E-state index in [0.717, 1.165) is 35.5 Å². The van der Waals surface area contributed by atoms with Crippen LogP contribution < -0.4 is 10.2 Å². The van der Waals surface area contributed by atoms with Crippen molar-refractivity contribution in [1.29, 1.82) is 0 Å². The minimum absolute atomic E-state index is 0.549. The maximum absolute atomic E-state index is 4.56. The molecule has 48 heavy (non-hydrogen) atoms. The van der Waals surface area contributed by atoms with E-state index in [1.807, 2.05) is 0 Å². The molecule has 1 saturated heterocycles. The molecule has 1 heterocycles. The molecule has 0 radical (unpaired) electrons. The van der Waals surface area contributed by atoms with Gasteiger partial charge in [-0.3, -0.25) is 0 Å². The molecule has 0 bridgehead atoms. The van der Waals surface area contributed by atoms with Crippen LogP contribution in [0, 0.1) is 35.5 Å². The highest BCUT2D eigenvalue weighted by molar-refractivity contribution is 5.95. The van der Waals surface area contributed by atoms with Gasteiger partial charge in [0, 0.05) is 35.3 Å². The van der Waals surface area contributed by atoms with Gasteiger partial charge in [0.15, 0.2) is 0 Å². The van der Waals surface area contributed by atoms with Gasteiger partial charge in [-0.05, 0) is 108 Å². The fourth-order valence-electron chi connectivity index (χ4n) is 12.7. The number of piperazine rings is 1. The Bertz CT molecular complexity index is 1670. The van der Waals surface area contributed by atoms with Gasteiger partial charge >= 0.3 is 0 Å². The number of rotatable bonds is 4. The van der Waals surface area contributed by atoms with E-state index in [4.69, 9.17) is 0 Å². The molecule has 1 aliphatic heterocycles. The van der Waals surface area contributed by atoms with Crippen molar-refractivity contribution in [1.82, 2.24) is 5.32 Å². The molecule has 4 aromatic carbocycles. The van der Waals surface area contributed by atoms with Crippen LogP contribution in [0.5, 0.6) is 0 Å². The Balaban J connectivity index is 1.24. The number of nitrogens with one attached hydrogen (secondary N) is 1. The Morgan fingerprint density at radius 1 is 0.479 bits per heavy atom. The van der Waals surface area contributed by atoms with E-state index in [1.165, 1.54) is 116 Å². The molecule has 4 aromatic rings. The van der Waals surface area contributed by atoms with Crippen molar-refractivity contribution in [3.05, 3.63) is 103 Å². The van der Waals surface area contributed by atoms with Crippen molar-refractivity contribution in [3.63, 3.8) is 0 Å². The van der Waals surface area contributed by atoms with Crippen molar-refractivity contribution in [2.75, 3.05) is 4.90 Å². The minimum atomic E-state index is 0.549. The average Bonchev–Trinajstić information content (AvgIpc) is 3.17. The van der Waals surface area contributed by atoms with E-state index in [2.05, 4.69) is 113 Å². The van der Waals surface area contributed by atoms with Gasteiger partial charge in [-0.2, -0.15) is 0 Å². The van der Waals surface area contributed by atoms with Gasteiger partial charge in [0.25, 0.3) is 0 Å². The summed E-state index contributed by atoms with van der Waals surface area (Å²) in [5, 5.41) is 4.56. The smallest absolute Gasteiger partial charge is 0.0532 e. The lowest BCUT2D eigenvalue weighted by Gasteiger charge is -2.68. The second-order valence-electron chi connectivity index (χ2n) is 16.5. The zero-order valence-electron chi connectivity index (χ0n) is 28.5. The fraction of sp³-hybridized carbons (Fsp3) is 0.478. The quantitative estimate of drug-likeness (QED) is 0.241. The predicted octanol–water partition coefficient (Wildman–Crippen LogP) is 11.0. The van der Waals surface area contributed by atoms with Crippen molar-refractivity contribution in [2.45, 2.75) is 101 Å². The maximum Gasteiger partial charge on any atom is 0.0532 e. The zero-order chi connectivity index (χ0) is 31.6. The molecule has 0 spiro atoms. The lowest BCUT2D eigenvalue weighted by Crippen LogP contribution is -2.76. The van der Waals surface area contributed by atoms with Crippen LogP contribution in [0.3, 0.4) is 0 Å². The molecule has 10 rings (SSSR count). The largest absolute Gasteiger partial charge is 0.361 e. The average molecular weight is 633 g/mol. The summed E-state index contributed by atoms with van der Waals surface area (Å²) in [4.78, 5) is 3.17. The zero-order valence-corrected chi connectivity index (χ0v) is 28.5. The lowest BCUT2D eigenvalue weighted by molar-refractivity contribution is -0.111. The summed E-state index contributed by atoms with van der Waals surface area (Å²) in [6, 6.07) is 41.4. The third-order valence-electron chi connectivity index (χ3n) is 14.4. The minimum Gasteiger partial charge on any atom is -0.361 e. The van der Waals surface area contributed by atoms with E-state index >= 15 is 0 Å². The van der Waals surface area contributed by atoms with Crippen molar-refractivity contribution in [2.24, 2.45) is 35.5 Å². The van der Waals surface area contributed by atoms with Gasteiger partial charge in [-0.25, -0.2) is 0 Å². The van der Waals surface area contributed by atoms with Crippen LogP contribution in [0.15, 0.2) is 103 Å². The van der Waals surface area contributed by atoms with Gasteiger partial charge in [0.2, 0.25) is 0 Å². The molecule has 10 atom stereocenters. The Kier molecular flexibility index (Phi) is 7.51. The Hall–Kier alpha value is -3.36. The van der Waals surface area contributed by atoms with Gasteiger partial charge in [-0.15, -0.1) is 0 Å². The van der Waals surface area contributed by atoms with Crippen LogP contribution in [0.2, 0.25) is 0 Å². The van der Waals surface area contributed by atoms with Crippen LogP contribution >= 0.6 is 0 Å². The monoisotopic (exact) mass is 632 g/mol. The van der Waals surface area contributed by atoms with Crippen LogP contribution in [0.25, 0.3) is 33.4 Å². The van der Waals surface area contributed by atoms with E-state index in [1.54, 1.807) is 0 Å². The third-order valence-corrected chi connectivity index (χ3v) is 14.4. The highest BCUT2D eigenvalue weighted by Crippen LogP contribution is 2.63. The molecule has 2 nitrogen and oxygen atoms in total. The highest BCUT2D eigenvalue weighted by atomic mass is 15.3. The molecule has 5 aliphatic carbocycles. The summed E-state index contributed by atoms with van der Waals surface area (Å²) in [5.41, 5.74) is 9.74. The summed E-state index contributed by atoms with van der Waals surface area (Å²) in [6.07, 6.45) is 17.1. The molecule has 5 saturated carbocycles. The maximum atomic E-state index is 4.56. The highest BCUT2D eigenvalue weighted by Gasteiger charge is 2.61. The fourth-order valence-corrected chi connectivity index (χ4v) is 12.7. The van der Waals surface area contributed by atoms with Crippen LogP contribution in [-0.4, -0.2) is 24.2 Å². The molecule has 246 valence electrons.